The van der Waals surface area contributed by atoms with Gasteiger partial charge in [-0.15, -0.1) is 0 Å². The zero-order chi connectivity index (χ0) is 31.6. The fourth-order valence-electron chi connectivity index (χ4n) is 5.02. The molecule has 0 fully saturated rings. The number of ketones is 2. The number of ether oxygens (including phenoxy) is 3. The molecule has 0 spiro atoms. The Balaban J connectivity index is 2.61. The van der Waals surface area contributed by atoms with Crippen LogP contribution >= 0.6 is 0 Å². The highest BCUT2D eigenvalue weighted by Crippen LogP contribution is 2.29. The topological polar surface area (TPSA) is 149 Å². The van der Waals surface area contributed by atoms with Crippen molar-refractivity contribution in [3.63, 3.8) is 0 Å². The minimum Gasteiger partial charge on any atom is -0.439 e. The van der Waals surface area contributed by atoms with Crippen LogP contribution in [0.25, 0.3) is 0 Å². The van der Waals surface area contributed by atoms with Gasteiger partial charge in [-0.25, -0.2) is 9.18 Å². The molecule has 11 heteroatoms. The lowest BCUT2D eigenvalue weighted by atomic mass is 9.85. The third-order valence-electron chi connectivity index (χ3n) is 7.35. The van der Waals surface area contributed by atoms with Gasteiger partial charge in [-0.2, -0.15) is 0 Å². The van der Waals surface area contributed by atoms with Crippen LogP contribution in [-0.2, 0) is 23.8 Å². The Morgan fingerprint density at radius 2 is 1.93 bits per heavy atom. The Hall–Kier alpha value is -3.54. The molecular weight excluding hydrogens is 545 g/mol. The van der Waals surface area contributed by atoms with Gasteiger partial charge < -0.3 is 35.7 Å². The van der Waals surface area contributed by atoms with Crippen molar-refractivity contribution in [2.75, 3.05) is 27.4 Å². The summed E-state index contributed by atoms with van der Waals surface area (Å²) in [5.74, 6) is -1.51. The lowest BCUT2D eigenvalue weighted by Crippen LogP contribution is -2.37. The van der Waals surface area contributed by atoms with Gasteiger partial charge in [0, 0.05) is 44.0 Å². The molecule has 5 N–H and O–H groups in total. The van der Waals surface area contributed by atoms with E-state index in [4.69, 9.17) is 19.9 Å². The number of nitrogens with one attached hydrogen (secondary N) is 2. The number of rotatable bonds is 6. The van der Waals surface area contributed by atoms with Gasteiger partial charge in [0.25, 0.3) is 0 Å². The summed E-state index contributed by atoms with van der Waals surface area (Å²) in [6, 6.07) is 0. The second-order valence-electron chi connectivity index (χ2n) is 10.7. The molecule has 0 saturated heterocycles. The van der Waals surface area contributed by atoms with Crippen LogP contribution in [0.4, 0.5) is 9.18 Å². The van der Waals surface area contributed by atoms with E-state index < -0.39 is 54.7 Å². The highest BCUT2D eigenvalue weighted by atomic mass is 19.1. The average Bonchev–Trinajstić information content (AvgIpc) is 2.94. The summed E-state index contributed by atoms with van der Waals surface area (Å²) in [6.45, 7) is 10.4. The second kappa shape index (κ2) is 16.2. The Labute approximate surface area is 247 Å². The Kier molecular flexibility index (Phi) is 13.4. The van der Waals surface area contributed by atoms with E-state index in [0.717, 1.165) is 0 Å². The molecule has 1 aliphatic heterocycles. The van der Waals surface area contributed by atoms with Crippen LogP contribution in [0.3, 0.4) is 0 Å². The van der Waals surface area contributed by atoms with E-state index in [0.29, 0.717) is 23.3 Å². The standard InChI is InChI=1S/C31H44FN3O7/c1-17-13-22-27(34-12-11-32)24(36)16-23(29(22)38)35-21(5)18(2)9-8-10-25(40-6)30(42-31(33)39)20(4)15-19(3)28(37)26(14-17)41-7/h8-10,15-17,19,25-26,28,30,34-35,37H,5,11-14H2,1-4,6-7H3,(H2,33,39)/b10-8+,18-9-,20-15+/t17-,19+,25+,26+,28+,30+/m1/s1. The first-order valence-corrected chi connectivity index (χ1v) is 13.9. The van der Waals surface area contributed by atoms with Gasteiger partial charge in [0.15, 0.2) is 6.10 Å². The molecule has 2 aliphatic rings. The van der Waals surface area contributed by atoms with Gasteiger partial charge in [0.1, 0.15) is 12.8 Å². The first-order valence-electron chi connectivity index (χ1n) is 13.9. The Morgan fingerprint density at radius 1 is 1.24 bits per heavy atom. The molecule has 1 heterocycles. The minimum atomic E-state index is -0.976. The summed E-state index contributed by atoms with van der Waals surface area (Å²) in [7, 11) is 2.95. The number of hydrogen-bond acceptors (Lipinski definition) is 9. The smallest absolute Gasteiger partial charge is 0.405 e. The van der Waals surface area contributed by atoms with Crippen molar-refractivity contribution >= 4 is 17.7 Å². The third kappa shape index (κ3) is 9.23. The number of primary amides is 1. The number of carbonyl (C=O) groups excluding carboxylic acids is 3. The van der Waals surface area contributed by atoms with Crippen LogP contribution in [0.15, 0.2) is 70.8 Å². The van der Waals surface area contributed by atoms with Crippen molar-refractivity contribution in [2.45, 2.75) is 65.0 Å². The number of aliphatic hydroxyl groups is 1. The number of methoxy groups -OCH3 is 2. The predicted octanol–water partition coefficient (Wildman–Crippen LogP) is 3.31. The summed E-state index contributed by atoms with van der Waals surface area (Å²) in [5, 5.41) is 16.9. The number of nitrogens with two attached hydrogens (primary N) is 1. The molecule has 0 unspecified atom stereocenters. The number of halogens is 1. The molecule has 232 valence electrons. The van der Waals surface area contributed by atoms with Crippen molar-refractivity contribution < 1.29 is 38.1 Å². The first kappa shape index (κ1) is 34.7. The maximum Gasteiger partial charge on any atom is 0.405 e. The largest absolute Gasteiger partial charge is 0.439 e. The molecule has 10 nitrogen and oxygen atoms in total. The molecule has 0 aromatic carbocycles. The summed E-state index contributed by atoms with van der Waals surface area (Å²) in [6.07, 6.45) is 4.40. The highest BCUT2D eigenvalue weighted by molar-refractivity contribution is 6.22. The number of allylic oxidation sites excluding steroid dienone is 5. The molecule has 0 aromatic heterocycles. The fourth-order valence-corrected chi connectivity index (χ4v) is 5.02. The molecule has 1 aliphatic carbocycles. The molecular formula is C31H44FN3O7. The molecule has 0 radical (unpaired) electrons. The van der Waals surface area contributed by atoms with E-state index in [1.165, 1.54) is 20.3 Å². The summed E-state index contributed by atoms with van der Waals surface area (Å²) in [4.78, 5) is 38.4. The average molecular weight is 590 g/mol. The molecule has 0 saturated carbocycles. The van der Waals surface area contributed by atoms with E-state index in [1.54, 1.807) is 45.1 Å². The lowest BCUT2D eigenvalue weighted by molar-refractivity contribution is -0.116. The number of fused-ring (bicyclic) bond motifs is 2. The lowest BCUT2D eigenvalue weighted by Gasteiger charge is -2.30. The van der Waals surface area contributed by atoms with E-state index in [9.17, 15) is 23.9 Å². The molecule has 1 amide bonds. The van der Waals surface area contributed by atoms with Gasteiger partial charge >= 0.3 is 6.09 Å². The molecule has 2 rings (SSSR count). The molecule has 0 aromatic rings. The van der Waals surface area contributed by atoms with Gasteiger partial charge in [-0.05, 0) is 43.8 Å². The van der Waals surface area contributed by atoms with Crippen molar-refractivity contribution in [2.24, 2.45) is 17.6 Å². The maximum atomic E-state index is 13.6. The van der Waals surface area contributed by atoms with Crippen LogP contribution < -0.4 is 16.4 Å². The van der Waals surface area contributed by atoms with Crippen LogP contribution in [0.2, 0.25) is 0 Å². The summed E-state index contributed by atoms with van der Waals surface area (Å²) in [5.41, 5.74) is 7.34. The van der Waals surface area contributed by atoms with Crippen LogP contribution in [0.1, 0.15) is 40.5 Å². The van der Waals surface area contributed by atoms with Gasteiger partial charge in [-0.3, -0.25) is 9.59 Å². The number of hydrogen-bond donors (Lipinski definition) is 4. The SMILES string of the molecule is C=C1NC2=CC(=O)C(NCCF)=C(C[C@@H](C)C[C@H](OC)[C@@H](O)[C@@H](C)/C=C(\C)[C@H](OC(N)=O)[C@@H](OC)/C=C/C=C\1C)C2=O. The maximum absolute atomic E-state index is 13.6. The third-order valence-corrected chi connectivity index (χ3v) is 7.35. The first-order chi connectivity index (χ1) is 19.8. The van der Waals surface area contributed by atoms with E-state index in [1.807, 2.05) is 6.92 Å². The van der Waals surface area contributed by atoms with Crippen molar-refractivity contribution in [3.8, 4) is 0 Å². The number of Topliss-reactive ketones (excluding diaryl/α,β-unsaturated/α-hetero) is 1. The van der Waals surface area contributed by atoms with Gasteiger partial charge in [-0.1, -0.05) is 44.7 Å². The van der Waals surface area contributed by atoms with E-state index >= 15 is 0 Å². The summed E-state index contributed by atoms with van der Waals surface area (Å²) < 4.78 is 29.6. The van der Waals surface area contributed by atoms with Crippen molar-refractivity contribution in [1.82, 2.24) is 10.6 Å². The monoisotopic (exact) mass is 589 g/mol. The van der Waals surface area contributed by atoms with Crippen molar-refractivity contribution in [1.29, 1.82) is 0 Å². The van der Waals surface area contributed by atoms with Crippen LogP contribution in [-0.4, -0.2) is 74.6 Å². The second-order valence-corrected chi connectivity index (χ2v) is 10.7. The fraction of sp³-hybridized carbons (Fsp3) is 0.516. The zero-order valence-corrected chi connectivity index (χ0v) is 25.2. The van der Waals surface area contributed by atoms with E-state index in [2.05, 4.69) is 17.2 Å². The highest BCUT2D eigenvalue weighted by Gasteiger charge is 2.33. The molecule has 42 heavy (non-hydrogen) atoms. The number of alkyl halides is 1. The van der Waals surface area contributed by atoms with E-state index in [-0.39, 0.29) is 35.9 Å². The molecule has 6 atom stereocenters. The Bertz CT molecular complexity index is 1190. The summed E-state index contributed by atoms with van der Waals surface area (Å²) >= 11 is 0. The quantitative estimate of drug-likeness (QED) is 0.270. The number of carbonyl (C=O) groups is 3. The van der Waals surface area contributed by atoms with Crippen LogP contribution in [0.5, 0.6) is 0 Å². The van der Waals surface area contributed by atoms with Crippen LogP contribution in [0, 0.1) is 11.8 Å². The number of aliphatic hydroxyl groups excluding tert-OH is 1. The van der Waals surface area contributed by atoms with Gasteiger partial charge in [0.2, 0.25) is 11.6 Å². The molecule has 2 bridgehead atoms. The Morgan fingerprint density at radius 3 is 2.52 bits per heavy atom. The zero-order valence-electron chi connectivity index (χ0n) is 25.2. The van der Waals surface area contributed by atoms with Crippen molar-refractivity contribution in [3.05, 3.63) is 70.8 Å². The normalized spacial score (nSPS) is 31.7. The van der Waals surface area contributed by atoms with Gasteiger partial charge in [0.05, 0.1) is 23.6 Å². The number of amides is 1. The predicted molar refractivity (Wildman–Crippen MR) is 158 cm³/mol. The minimum absolute atomic E-state index is 0.0501.